The summed E-state index contributed by atoms with van der Waals surface area (Å²) < 4.78 is 1.24. The summed E-state index contributed by atoms with van der Waals surface area (Å²) in [6.07, 6.45) is 0. The van der Waals surface area contributed by atoms with Gasteiger partial charge in [0.2, 0.25) is 0 Å². The molecule has 4 rings (SSSR count). The van der Waals surface area contributed by atoms with E-state index in [0.717, 1.165) is 11.2 Å². The van der Waals surface area contributed by atoms with Crippen molar-refractivity contribution in [1.29, 1.82) is 0 Å². The summed E-state index contributed by atoms with van der Waals surface area (Å²) in [4.78, 5) is 6.40. The Hall–Kier alpha value is -2.45. The number of fused-ring (bicyclic) bond motifs is 1. The fourth-order valence-electron chi connectivity index (χ4n) is 4.23. The van der Waals surface area contributed by atoms with Crippen molar-refractivity contribution >= 4 is 21.6 Å². The van der Waals surface area contributed by atoms with Crippen LogP contribution in [-0.4, -0.2) is 4.98 Å². The van der Waals surface area contributed by atoms with E-state index in [2.05, 4.69) is 124 Å². The second kappa shape index (κ2) is 8.34. The number of hydrogen-bond acceptors (Lipinski definition) is 2. The molecule has 0 saturated heterocycles. The van der Waals surface area contributed by atoms with Crippen molar-refractivity contribution < 1.29 is 0 Å². The molecule has 1 nitrogen and oxygen atoms in total. The Balaban J connectivity index is 1.82. The minimum absolute atomic E-state index is 0.105. The van der Waals surface area contributed by atoms with Gasteiger partial charge in [0.05, 0.1) is 15.9 Å². The quantitative estimate of drug-likeness (QED) is 0.285. The predicted molar refractivity (Wildman–Crippen MR) is 151 cm³/mol. The summed E-state index contributed by atoms with van der Waals surface area (Å²) >= 11 is 1.84. The monoisotopic (exact) mass is 469 g/mol. The molecule has 0 amide bonds. The first-order valence-electron chi connectivity index (χ1n) is 12.3. The van der Waals surface area contributed by atoms with Crippen LogP contribution in [-0.2, 0) is 16.2 Å². The second-order valence-corrected chi connectivity index (χ2v) is 13.9. The Morgan fingerprint density at radius 2 is 1.12 bits per heavy atom. The van der Waals surface area contributed by atoms with Gasteiger partial charge in [-0.1, -0.05) is 80.0 Å². The number of nitrogens with zero attached hydrogens (tertiary/aromatic N) is 1. The summed E-state index contributed by atoms with van der Waals surface area (Å²) in [7, 11) is 0. The van der Waals surface area contributed by atoms with Crippen molar-refractivity contribution in [2.45, 2.75) is 85.5 Å². The summed E-state index contributed by atoms with van der Waals surface area (Å²) in [6.45, 7) is 22.8. The first-order valence-corrected chi connectivity index (χ1v) is 13.1. The molecule has 178 valence electrons. The molecular formula is C32H39NS. The zero-order valence-corrected chi connectivity index (χ0v) is 23.4. The lowest BCUT2D eigenvalue weighted by Crippen LogP contribution is -2.16. The molecule has 4 aromatic rings. The van der Waals surface area contributed by atoms with Gasteiger partial charge in [-0.2, -0.15) is 0 Å². The number of aromatic nitrogens is 1. The van der Waals surface area contributed by atoms with E-state index in [9.17, 15) is 0 Å². The third-order valence-electron chi connectivity index (χ3n) is 6.56. The maximum absolute atomic E-state index is 5.11. The SMILES string of the molecule is Cc1cc(-c2ccc3sc(-c4cc(C(C)(C)C)cc(C(C)(C)C)c4)cc3n2)cc(C(C)(C)C)c1. The number of thiophene rings is 1. The van der Waals surface area contributed by atoms with E-state index in [1.54, 1.807) is 0 Å². The lowest BCUT2D eigenvalue weighted by molar-refractivity contribution is 0.569. The van der Waals surface area contributed by atoms with E-state index < -0.39 is 0 Å². The maximum Gasteiger partial charge on any atom is 0.0823 e. The van der Waals surface area contributed by atoms with E-state index in [-0.39, 0.29) is 16.2 Å². The Labute approximate surface area is 210 Å². The standard InChI is InChI=1S/C32H39NS/c1-20-13-21(15-23(14-20)30(2,3)4)26-11-12-28-27(33-26)19-29(34-28)22-16-24(31(5,6)7)18-25(17-22)32(8,9)10/h11-19H,1-10H3. The summed E-state index contributed by atoms with van der Waals surface area (Å²) in [5.74, 6) is 0. The normalized spacial score (nSPS) is 13.0. The van der Waals surface area contributed by atoms with Crippen LogP contribution in [0.4, 0.5) is 0 Å². The molecule has 2 aromatic carbocycles. The van der Waals surface area contributed by atoms with E-state index in [0.29, 0.717) is 0 Å². The molecule has 0 atom stereocenters. The summed E-state index contributed by atoms with van der Waals surface area (Å²) in [5, 5.41) is 0. The Morgan fingerprint density at radius 1 is 0.588 bits per heavy atom. The van der Waals surface area contributed by atoms with Gasteiger partial charge in [0.1, 0.15) is 0 Å². The first-order chi connectivity index (χ1) is 15.6. The van der Waals surface area contributed by atoms with Crippen LogP contribution in [0.3, 0.4) is 0 Å². The zero-order chi connectivity index (χ0) is 25.1. The lowest BCUT2D eigenvalue weighted by Gasteiger charge is -2.26. The molecule has 0 bridgehead atoms. The molecule has 0 N–H and O–H groups in total. The van der Waals surface area contributed by atoms with Crippen LogP contribution in [0.1, 0.15) is 84.6 Å². The second-order valence-electron chi connectivity index (χ2n) is 12.8. The molecule has 0 spiro atoms. The molecule has 0 aliphatic rings. The van der Waals surface area contributed by atoms with Gasteiger partial charge in [-0.25, -0.2) is 4.98 Å². The third-order valence-corrected chi connectivity index (χ3v) is 7.70. The highest BCUT2D eigenvalue weighted by Gasteiger charge is 2.22. The minimum atomic E-state index is 0.105. The van der Waals surface area contributed by atoms with Crippen LogP contribution in [0.25, 0.3) is 31.9 Å². The lowest BCUT2D eigenvalue weighted by atomic mass is 9.79. The number of aryl methyl sites for hydroxylation is 1. The molecule has 2 heteroatoms. The molecule has 0 saturated carbocycles. The van der Waals surface area contributed by atoms with Gasteiger partial charge in [-0.15, -0.1) is 11.3 Å². The maximum atomic E-state index is 5.11. The van der Waals surface area contributed by atoms with E-state index in [1.807, 2.05) is 11.3 Å². The first kappa shape index (κ1) is 24.7. The van der Waals surface area contributed by atoms with Crippen LogP contribution in [0.15, 0.2) is 54.6 Å². The molecule has 0 radical (unpaired) electrons. The van der Waals surface area contributed by atoms with Crippen molar-refractivity contribution in [3.63, 3.8) is 0 Å². The fraction of sp³-hybridized carbons (Fsp3) is 0.406. The van der Waals surface area contributed by atoms with Gasteiger partial charge in [-0.3, -0.25) is 0 Å². The van der Waals surface area contributed by atoms with Crippen molar-refractivity contribution in [2.24, 2.45) is 0 Å². The van der Waals surface area contributed by atoms with Gasteiger partial charge in [0.25, 0.3) is 0 Å². The predicted octanol–water partition coefficient (Wildman–Crippen LogP) is 9.83. The van der Waals surface area contributed by atoms with E-state index in [4.69, 9.17) is 4.98 Å². The van der Waals surface area contributed by atoms with Crippen molar-refractivity contribution in [1.82, 2.24) is 4.98 Å². The number of rotatable bonds is 2. The average molecular weight is 470 g/mol. The van der Waals surface area contributed by atoms with Crippen molar-refractivity contribution in [2.75, 3.05) is 0 Å². The topological polar surface area (TPSA) is 12.9 Å². The molecular weight excluding hydrogens is 430 g/mol. The highest BCUT2D eigenvalue weighted by molar-refractivity contribution is 7.22. The number of pyridine rings is 1. The highest BCUT2D eigenvalue weighted by atomic mass is 32.1. The van der Waals surface area contributed by atoms with Gasteiger partial charge >= 0.3 is 0 Å². The molecule has 0 aliphatic heterocycles. The number of benzene rings is 2. The number of hydrogen-bond donors (Lipinski definition) is 0. The van der Waals surface area contributed by atoms with Gasteiger partial charge in [-0.05, 0) is 87.9 Å². The smallest absolute Gasteiger partial charge is 0.0823 e. The van der Waals surface area contributed by atoms with E-state index in [1.165, 1.54) is 43.0 Å². The minimum Gasteiger partial charge on any atom is -0.247 e. The molecule has 2 heterocycles. The molecule has 2 aromatic heterocycles. The highest BCUT2D eigenvalue weighted by Crippen LogP contribution is 2.39. The van der Waals surface area contributed by atoms with Crippen LogP contribution in [0.5, 0.6) is 0 Å². The van der Waals surface area contributed by atoms with Crippen molar-refractivity contribution in [3.05, 3.63) is 76.9 Å². The van der Waals surface area contributed by atoms with Crippen LogP contribution >= 0.6 is 11.3 Å². The van der Waals surface area contributed by atoms with Crippen LogP contribution in [0.2, 0.25) is 0 Å². The molecule has 0 unspecified atom stereocenters. The average Bonchev–Trinajstić information content (AvgIpc) is 3.14. The Bertz CT molecular complexity index is 1320. The summed E-state index contributed by atoms with van der Waals surface area (Å²) in [5.41, 5.74) is 10.3. The molecule has 34 heavy (non-hydrogen) atoms. The van der Waals surface area contributed by atoms with Crippen molar-refractivity contribution in [3.8, 4) is 21.7 Å². The van der Waals surface area contributed by atoms with Gasteiger partial charge in [0.15, 0.2) is 0 Å². The Kier molecular flexibility index (Phi) is 6.05. The largest absolute Gasteiger partial charge is 0.247 e. The van der Waals surface area contributed by atoms with Crippen LogP contribution in [0, 0.1) is 6.92 Å². The zero-order valence-electron chi connectivity index (χ0n) is 22.6. The third kappa shape index (κ3) is 5.13. The Morgan fingerprint density at radius 3 is 1.68 bits per heavy atom. The molecule has 0 fully saturated rings. The van der Waals surface area contributed by atoms with E-state index >= 15 is 0 Å². The molecule has 0 aliphatic carbocycles. The fourth-order valence-corrected chi connectivity index (χ4v) is 5.22. The van der Waals surface area contributed by atoms with Gasteiger partial charge in [0, 0.05) is 10.4 Å². The van der Waals surface area contributed by atoms with Gasteiger partial charge < -0.3 is 0 Å². The van der Waals surface area contributed by atoms with Crippen LogP contribution < -0.4 is 0 Å². The summed E-state index contributed by atoms with van der Waals surface area (Å²) in [6, 6.07) is 20.7.